The summed E-state index contributed by atoms with van der Waals surface area (Å²) in [5.41, 5.74) is 7.08. The van der Waals surface area contributed by atoms with Gasteiger partial charge < -0.3 is 19.9 Å². The summed E-state index contributed by atoms with van der Waals surface area (Å²) in [4.78, 5) is 0. The fourth-order valence-corrected chi connectivity index (χ4v) is 2.33. The maximum Gasteiger partial charge on any atom is 0.0989 e. The van der Waals surface area contributed by atoms with Crippen LogP contribution in [0.2, 0.25) is 0 Å². The van der Waals surface area contributed by atoms with Crippen molar-refractivity contribution in [1.82, 2.24) is 0 Å². The van der Waals surface area contributed by atoms with Crippen LogP contribution in [0.25, 0.3) is 0 Å². The summed E-state index contributed by atoms with van der Waals surface area (Å²) >= 11 is 3.41. The number of hydrogen-bond acceptors (Lipinski definition) is 4. The Kier molecular flexibility index (Phi) is 5.78. The van der Waals surface area contributed by atoms with Crippen LogP contribution >= 0.6 is 15.9 Å². The van der Waals surface area contributed by atoms with Crippen molar-refractivity contribution in [1.29, 1.82) is 0 Å². The molecule has 3 unspecified atom stereocenters. The number of hydrogen-bond donors (Lipinski definition) is 1. The summed E-state index contributed by atoms with van der Waals surface area (Å²) in [6, 6.07) is 8.19. The van der Waals surface area contributed by atoms with E-state index >= 15 is 0 Å². The SMILES string of the molecule is COCCOC1C(N)CC1OCc1ccc(Br)cc1. The van der Waals surface area contributed by atoms with E-state index in [9.17, 15) is 0 Å². The zero-order valence-electron chi connectivity index (χ0n) is 11.0. The predicted octanol–water partition coefficient (Wildman–Crippen LogP) is 2.10. The Morgan fingerprint density at radius 3 is 2.58 bits per heavy atom. The maximum atomic E-state index is 5.93. The molecule has 1 aromatic carbocycles. The summed E-state index contributed by atoms with van der Waals surface area (Å²) in [6.45, 7) is 1.74. The Bertz CT molecular complexity index is 385. The van der Waals surface area contributed by atoms with E-state index < -0.39 is 0 Å². The number of nitrogens with two attached hydrogens (primary N) is 1. The van der Waals surface area contributed by atoms with Crippen molar-refractivity contribution in [3.05, 3.63) is 34.3 Å². The van der Waals surface area contributed by atoms with Crippen molar-refractivity contribution in [2.45, 2.75) is 31.3 Å². The molecule has 0 aliphatic heterocycles. The van der Waals surface area contributed by atoms with Crippen LogP contribution < -0.4 is 5.73 Å². The molecule has 2 N–H and O–H groups in total. The van der Waals surface area contributed by atoms with Crippen LogP contribution in [0.15, 0.2) is 28.7 Å². The summed E-state index contributed by atoms with van der Waals surface area (Å²) in [6.07, 6.45) is 0.940. The molecule has 1 aliphatic carbocycles. The highest BCUT2D eigenvalue weighted by molar-refractivity contribution is 9.10. The van der Waals surface area contributed by atoms with E-state index in [0.717, 1.165) is 16.5 Å². The number of methoxy groups -OCH3 is 1. The third-order valence-corrected chi connectivity index (χ3v) is 3.80. The molecule has 3 atom stereocenters. The van der Waals surface area contributed by atoms with Crippen LogP contribution in [0, 0.1) is 0 Å². The molecule has 4 nitrogen and oxygen atoms in total. The number of rotatable bonds is 7. The highest BCUT2D eigenvalue weighted by Gasteiger charge is 2.40. The van der Waals surface area contributed by atoms with Gasteiger partial charge in [-0.25, -0.2) is 0 Å². The van der Waals surface area contributed by atoms with Gasteiger partial charge in [0.1, 0.15) is 0 Å². The molecule has 1 saturated carbocycles. The molecule has 0 spiro atoms. The molecular formula is C14H20BrNO3. The summed E-state index contributed by atoms with van der Waals surface area (Å²) < 4.78 is 17.6. The second-order valence-corrected chi connectivity index (χ2v) is 5.62. The van der Waals surface area contributed by atoms with Gasteiger partial charge in [0.15, 0.2) is 0 Å². The van der Waals surface area contributed by atoms with Crippen LogP contribution in [0.3, 0.4) is 0 Å². The summed E-state index contributed by atoms with van der Waals surface area (Å²) in [5, 5.41) is 0. The van der Waals surface area contributed by atoms with E-state index in [0.29, 0.717) is 19.8 Å². The van der Waals surface area contributed by atoms with Crippen molar-refractivity contribution in [2.24, 2.45) is 5.73 Å². The lowest BCUT2D eigenvalue weighted by molar-refractivity contribution is -0.149. The molecule has 0 amide bonds. The molecule has 2 rings (SSSR count). The minimum Gasteiger partial charge on any atom is -0.382 e. The van der Waals surface area contributed by atoms with E-state index in [1.54, 1.807) is 7.11 Å². The Morgan fingerprint density at radius 2 is 1.95 bits per heavy atom. The molecule has 0 radical (unpaired) electrons. The van der Waals surface area contributed by atoms with Gasteiger partial charge in [0.05, 0.1) is 32.0 Å². The second-order valence-electron chi connectivity index (χ2n) is 4.70. The molecule has 0 aromatic heterocycles. The van der Waals surface area contributed by atoms with Gasteiger partial charge in [-0.2, -0.15) is 0 Å². The average molecular weight is 330 g/mol. The quantitative estimate of drug-likeness (QED) is 0.778. The topological polar surface area (TPSA) is 53.7 Å². The van der Waals surface area contributed by atoms with Gasteiger partial charge in [-0.1, -0.05) is 28.1 Å². The highest BCUT2D eigenvalue weighted by Crippen LogP contribution is 2.26. The summed E-state index contributed by atoms with van der Waals surface area (Å²) in [7, 11) is 1.66. The van der Waals surface area contributed by atoms with E-state index in [-0.39, 0.29) is 18.2 Å². The van der Waals surface area contributed by atoms with E-state index in [1.165, 1.54) is 0 Å². The van der Waals surface area contributed by atoms with Gasteiger partial charge in [0, 0.05) is 17.6 Å². The largest absolute Gasteiger partial charge is 0.382 e. The third-order valence-electron chi connectivity index (χ3n) is 3.27. The smallest absolute Gasteiger partial charge is 0.0989 e. The number of halogens is 1. The molecule has 1 aromatic rings. The van der Waals surface area contributed by atoms with E-state index in [1.807, 2.05) is 24.3 Å². The Hall–Kier alpha value is -0.460. The van der Waals surface area contributed by atoms with Crippen molar-refractivity contribution < 1.29 is 14.2 Å². The Labute approximate surface area is 122 Å². The summed E-state index contributed by atoms with van der Waals surface area (Å²) in [5.74, 6) is 0. The number of benzene rings is 1. The van der Waals surface area contributed by atoms with Gasteiger partial charge >= 0.3 is 0 Å². The molecule has 1 aliphatic rings. The van der Waals surface area contributed by atoms with Gasteiger partial charge in [-0.3, -0.25) is 0 Å². The van der Waals surface area contributed by atoms with Gasteiger partial charge in [0.2, 0.25) is 0 Å². The van der Waals surface area contributed by atoms with Crippen LogP contribution in [0.5, 0.6) is 0 Å². The lowest BCUT2D eigenvalue weighted by Crippen LogP contribution is -2.58. The van der Waals surface area contributed by atoms with Crippen LogP contribution in [-0.4, -0.2) is 38.6 Å². The minimum absolute atomic E-state index is 0.00871. The highest BCUT2D eigenvalue weighted by atomic mass is 79.9. The molecule has 1 fully saturated rings. The zero-order valence-corrected chi connectivity index (χ0v) is 12.6. The average Bonchev–Trinajstić information content (AvgIpc) is 2.41. The normalized spacial score (nSPS) is 26.2. The standard InChI is InChI=1S/C14H20BrNO3/c1-17-6-7-18-14-12(16)8-13(14)19-9-10-2-4-11(15)5-3-10/h2-5,12-14H,6-9,16H2,1H3. The van der Waals surface area contributed by atoms with Crippen LogP contribution in [0.4, 0.5) is 0 Å². The molecular weight excluding hydrogens is 310 g/mol. The zero-order chi connectivity index (χ0) is 13.7. The fraction of sp³-hybridized carbons (Fsp3) is 0.571. The Balaban J connectivity index is 1.74. The Morgan fingerprint density at radius 1 is 1.21 bits per heavy atom. The van der Waals surface area contributed by atoms with Crippen molar-refractivity contribution >= 4 is 15.9 Å². The first-order valence-electron chi connectivity index (χ1n) is 6.43. The van der Waals surface area contributed by atoms with Crippen LogP contribution in [-0.2, 0) is 20.8 Å². The molecule has 106 valence electrons. The van der Waals surface area contributed by atoms with E-state index in [4.69, 9.17) is 19.9 Å². The monoisotopic (exact) mass is 329 g/mol. The maximum absolute atomic E-state index is 5.93. The first-order valence-corrected chi connectivity index (χ1v) is 7.22. The molecule has 0 heterocycles. The second kappa shape index (κ2) is 7.36. The molecule has 0 saturated heterocycles. The first-order chi connectivity index (χ1) is 9.20. The lowest BCUT2D eigenvalue weighted by atomic mass is 9.86. The van der Waals surface area contributed by atoms with Gasteiger partial charge in [-0.15, -0.1) is 0 Å². The minimum atomic E-state index is -0.00871. The predicted molar refractivity (Wildman–Crippen MR) is 76.9 cm³/mol. The van der Waals surface area contributed by atoms with Crippen molar-refractivity contribution in [2.75, 3.05) is 20.3 Å². The molecule has 0 bridgehead atoms. The fourth-order valence-electron chi connectivity index (χ4n) is 2.06. The first kappa shape index (κ1) is 14.9. The molecule has 5 heteroatoms. The van der Waals surface area contributed by atoms with Gasteiger partial charge in [0.25, 0.3) is 0 Å². The third kappa shape index (κ3) is 4.26. The van der Waals surface area contributed by atoms with E-state index in [2.05, 4.69) is 15.9 Å². The van der Waals surface area contributed by atoms with Gasteiger partial charge in [-0.05, 0) is 24.1 Å². The van der Waals surface area contributed by atoms with Crippen LogP contribution in [0.1, 0.15) is 12.0 Å². The lowest BCUT2D eigenvalue weighted by Gasteiger charge is -2.41. The molecule has 19 heavy (non-hydrogen) atoms. The van der Waals surface area contributed by atoms with Crippen molar-refractivity contribution in [3.8, 4) is 0 Å². The van der Waals surface area contributed by atoms with Crippen molar-refractivity contribution in [3.63, 3.8) is 0 Å². The number of ether oxygens (including phenoxy) is 3.